The largest absolute Gasteiger partial charge is 0.487 e. The first-order chi connectivity index (χ1) is 17.0. The van der Waals surface area contributed by atoms with Crippen molar-refractivity contribution in [2.24, 2.45) is 0 Å². The van der Waals surface area contributed by atoms with Gasteiger partial charge in [-0.05, 0) is 47.5 Å². The van der Waals surface area contributed by atoms with Crippen molar-refractivity contribution in [1.29, 1.82) is 0 Å². The maximum absolute atomic E-state index is 13.2. The van der Waals surface area contributed by atoms with E-state index in [4.69, 9.17) is 27.9 Å². The lowest BCUT2D eigenvalue weighted by atomic mass is 10.1. The standard InChI is InChI=1S/C25H15Cl2F3N2O4/c26-18-8-7-16(25(28,29)30)12-20(18)32-23(34)17(22(33)31-24(32)35)10-15-6-9-21(19(27)11-15)36-13-14-4-2-1-3-5-14/h1-12H,13H2,(H,31,33,35)/b17-10-. The van der Waals surface area contributed by atoms with Gasteiger partial charge in [0.15, 0.2) is 0 Å². The van der Waals surface area contributed by atoms with E-state index in [0.717, 1.165) is 17.7 Å². The van der Waals surface area contributed by atoms with Gasteiger partial charge in [-0.1, -0.05) is 59.6 Å². The molecule has 184 valence electrons. The van der Waals surface area contributed by atoms with Crippen LogP contribution in [-0.2, 0) is 22.4 Å². The summed E-state index contributed by atoms with van der Waals surface area (Å²) in [6.45, 7) is 0.261. The van der Waals surface area contributed by atoms with Gasteiger partial charge in [0.25, 0.3) is 11.8 Å². The highest BCUT2D eigenvalue weighted by Gasteiger charge is 2.39. The Bertz CT molecular complexity index is 1390. The number of carbonyl (C=O) groups is 3. The zero-order valence-corrected chi connectivity index (χ0v) is 19.6. The number of imide groups is 2. The molecule has 0 atom stereocenters. The number of halogens is 5. The summed E-state index contributed by atoms with van der Waals surface area (Å²) in [5.74, 6) is -1.81. The average Bonchev–Trinajstić information content (AvgIpc) is 2.82. The smallest absolute Gasteiger partial charge is 0.416 e. The molecule has 0 radical (unpaired) electrons. The Morgan fingerprint density at radius 2 is 1.64 bits per heavy atom. The van der Waals surface area contributed by atoms with Crippen LogP contribution in [0.15, 0.2) is 72.3 Å². The maximum atomic E-state index is 13.2. The molecule has 0 bridgehead atoms. The van der Waals surface area contributed by atoms with Crippen LogP contribution in [0.1, 0.15) is 16.7 Å². The molecule has 1 aliphatic rings. The van der Waals surface area contributed by atoms with Crippen LogP contribution in [0.4, 0.5) is 23.7 Å². The molecule has 0 aromatic heterocycles. The van der Waals surface area contributed by atoms with Gasteiger partial charge < -0.3 is 4.74 Å². The number of hydrogen-bond donors (Lipinski definition) is 1. The average molecular weight is 535 g/mol. The molecule has 1 saturated heterocycles. The number of urea groups is 1. The van der Waals surface area contributed by atoms with Gasteiger partial charge in [0.05, 0.1) is 21.3 Å². The Hall–Kier alpha value is -3.82. The van der Waals surface area contributed by atoms with Crippen molar-refractivity contribution in [3.63, 3.8) is 0 Å². The van der Waals surface area contributed by atoms with Gasteiger partial charge in [0, 0.05) is 0 Å². The minimum atomic E-state index is -4.75. The first kappa shape index (κ1) is 25.3. The topological polar surface area (TPSA) is 75.7 Å². The Balaban J connectivity index is 1.62. The molecule has 1 fully saturated rings. The first-order valence-corrected chi connectivity index (χ1v) is 11.0. The molecule has 0 spiro atoms. The van der Waals surface area contributed by atoms with E-state index >= 15 is 0 Å². The predicted octanol–water partition coefficient (Wildman–Crippen LogP) is 6.26. The molecule has 4 amide bonds. The number of ether oxygens (including phenoxy) is 1. The lowest BCUT2D eigenvalue weighted by Crippen LogP contribution is -2.54. The summed E-state index contributed by atoms with van der Waals surface area (Å²) in [7, 11) is 0. The van der Waals surface area contributed by atoms with Crippen LogP contribution in [0.5, 0.6) is 5.75 Å². The van der Waals surface area contributed by atoms with Crippen molar-refractivity contribution in [2.45, 2.75) is 12.8 Å². The van der Waals surface area contributed by atoms with Crippen molar-refractivity contribution < 1.29 is 32.3 Å². The van der Waals surface area contributed by atoms with Crippen molar-refractivity contribution in [2.75, 3.05) is 4.90 Å². The molecule has 3 aromatic rings. The van der Waals surface area contributed by atoms with Crippen LogP contribution < -0.4 is 15.0 Å². The third-order valence-electron chi connectivity index (χ3n) is 5.12. The number of carbonyl (C=O) groups excluding carboxylic acids is 3. The van der Waals surface area contributed by atoms with Gasteiger partial charge in [-0.2, -0.15) is 13.2 Å². The molecule has 0 aliphatic carbocycles. The number of anilines is 1. The van der Waals surface area contributed by atoms with E-state index in [9.17, 15) is 27.6 Å². The number of rotatable bonds is 5. The number of barbiturate groups is 1. The van der Waals surface area contributed by atoms with Crippen molar-refractivity contribution >= 4 is 52.8 Å². The van der Waals surface area contributed by atoms with E-state index in [2.05, 4.69) is 0 Å². The summed E-state index contributed by atoms with van der Waals surface area (Å²) in [5.41, 5.74) is -0.910. The summed E-state index contributed by atoms with van der Waals surface area (Å²) in [4.78, 5) is 38.2. The van der Waals surface area contributed by atoms with Crippen LogP contribution in [0, 0.1) is 0 Å². The van der Waals surface area contributed by atoms with Crippen LogP contribution in [-0.4, -0.2) is 17.8 Å². The minimum Gasteiger partial charge on any atom is -0.487 e. The van der Waals surface area contributed by atoms with Crippen LogP contribution >= 0.6 is 23.2 Å². The summed E-state index contributed by atoms with van der Waals surface area (Å²) < 4.78 is 45.2. The Kier molecular flexibility index (Phi) is 7.05. The highest BCUT2D eigenvalue weighted by atomic mass is 35.5. The maximum Gasteiger partial charge on any atom is 0.416 e. The fourth-order valence-corrected chi connectivity index (χ4v) is 3.81. The molecular formula is C25H15Cl2F3N2O4. The number of nitrogens with zero attached hydrogens (tertiary/aromatic N) is 1. The van der Waals surface area contributed by atoms with E-state index in [1.165, 1.54) is 18.2 Å². The third-order valence-corrected chi connectivity index (χ3v) is 5.74. The molecule has 1 heterocycles. The zero-order valence-electron chi connectivity index (χ0n) is 18.1. The molecule has 1 aliphatic heterocycles. The van der Waals surface area contributed by atoms with E-state index in [-0.39, 0.29) is 16.7 Å². The number of hydrogen-bond acceptors (Lipinski definition) is 4. The third kappa shape index (κ3) is 5.37. The number of amides is 4. The Morgan fingerprint density at radius 1 is 0.917 bits per heavy atom. The highest BCUT2D eigenvalue weighted by molar-refractivity contribution is 6.42. The SMILES string of the molecule is O=C1NC(=O)N(c2cc(C(F)(F)F)ccc2Cl)C(=O)/C1=C\c1ccc(OCc2ccccc2)c(Cl)c1. The van der Waals surface area contributed by atoms with E-state index in [0.29, 0.717) is 28.3 Å². The molecule has 6 nitrogen and oxygen atoms in total. The van der Waals surface area contributed by atoms with Gasteiger partial charge in [-0.15, -0.1) is 0 Å². The normalized spacial score (nSPS) is 15.3. The quantitative estimate of drug-likeness (QED) is 0.309. The molecule has 0 unspecified atom stereocenters. The van der Waals surface area contributed by atoms with E-state index in [1.54, 1.807) is 0 Å². The van der Waals surface area contributed by atoms with E-state index in [1.807, 2.05) is 35.6 Å². The van der Waals surface area contributed by atoms with Crippen LogP contribution in [0.3, 0.4) is 0 Å². The summed E-state index contributed by atoms with van der Waals surface area (Å²) in [5, 5.41) is 1.84. The Labute approximate surface area is 212 Å². The van der Waals surface area contributed by atoms with Gasteiger partial charge in [-0.3, -0.25) is 14.9 Å². The molecule has 3 aromatic carbocycles. The molecular weight excluding hydrogens is 520 g/mol. The fraction of sp³-hybridized carbons (Fsp3) is 0.0800. The number of alkyl halides is 3. The second-order valence-electron chi connectivity index (χ2n) is 7.59. The molecule has 0 saturated carbocycles. The second kappa shape index (κ2) is 10.0. The van der Waals surface area contributed by atoms with Crippen molar-refractivity contribution in [3.05, 3.63) is 99.0 Å². The van der Waals surface area contributed by atoms with E-state index < -0.39 is 40.8 Å². The summed E-state index contributed by atoms with van der Waals surface area (Å²) >= 11 is 12.3. The lowest BCUT2D eigenvalue weighted by molar-refractivity contribution is -0.137. The monoisotopic (exact) mass is 534 g/mol. The second-order valence-corrected chi connectivity index (χ2v) is 8.40. The molecule has 11 heteroatoms. The fourth-order valence-electron chi connectivity index (χ4n) is 3.36. The highest BCUT2D eigenvalue weighted by Crippen LogP contribution is 2.37. The van der Waals surface area contributed by atoms with Crippen LogP contribution in [0.25, 0.3) is 6.08 Å². The van der Waals surface area contributed by atoms with Gasteiger partial charge >= 0.3 is 12.2 Å². The summed E-state index contributed by atoms with van der Waals surface area (Å²) in [6, 6.07) is 14.8. The van der Waals surface area contributed by atoms with Crippen molar-refractivity contribution in [3.8, 4) is 5.75 Å². The first-order valence-electron chi connectivity index (χ1n) is 10.3. The van der Waals surface area contributed by atoms with Crippen molar-refractivity contribution in [1.82, 2.24) is 5.32 Å². The van der Waals surface area contributed by atoms with Gasteiger partial charge in [0.2, 0.25) is 0 Å². The summed E-state index contributed by atoms with van der Waals surface area (Å²) in [6.07, 6.45) is -3.59. The molecule has 4 rings (SSSR count). The zero-order chi connectivity index (χ0) is 26.0. The number of benzene rings is 3. The Morgan fingerprint density at radius 3 is 2.31 bits per heavy atom. The predicted molar refractivity (Wildman–Crippen MR) is 128 cm³/mol. The molecule has 36 heavy (non-hydrogen) atoms. The van der Waals surface area contributed by atoms with Crippen LogP contribution in [0.2, 0.25) is 10.0 Å². The number of nitrogens with one attached hydrogen (secondary N) is 1. The lowest BCUT2D eigenvalue weighted by Gasteiger charge is -2.27. The van der Waals surface area contributed by atoms with Gasteiger partial charge in [-0.25, -0.2) is 9.69 Å². The van der Waals surface area contributed by atoms with Gasteiger partial charge in [0.1, 0.15) is 17.9 Å². The minimum absolute atomic E-state index is 0.192. The molecule has 1 N–H and O–H groups in total.